The summed E-state index contributed by atoms with van der Waals surface area (Å²) in [4.78, 5) is 0. The molecule has 0 unspecified atom stereocenters. The Bertz CT molecular complexity index is 152. The van der Waals surface area contributed by atoms with Crippen molar-refractivity contribution in [2.45, 2.75) is 25.7 Å². The molecular formula is C8H13N3. The Morgan fingerprint density at radius 2 is 2.09 bits per heavy atom. The highest BCUT2D eigenvalue weighted by molar-refractivity contribution is 5.70. The fourth-order valence-corrected chi connectivity index (χ4v) is 0.928. The highest BCUT2D eigenvalue weighted by Crippen LogP contribution is 2.01. The summed E-state index contributed by atoms with van der Waals surface area (Å²) in [7, 11) is 0. The van der Waals surface area contributed by atoms with Crippen LogP contribution in [-0.2, 0) is 0 Å². The van der Waals surface area contributed by atoms with E-state index in [0.29, 0.717) is 0 Å². The molecule has 1 rings (SSSR count). The third-order valence-electron chi connectivity index (χ3n) is 1.53. The molecular weight excluding hydrogens is 138 g/mol. The van der Waals surface area contributed by atoms with Gasteiger partial charge in [0.1, 0.15) is 0 Å². The lowest BCUT2D eigenvalue weighted by atomic mass is 10.2. The predicted molar refractivity (Wildman–Crippen MR) is 45.8 cm³/mol. The first kappa shape index (κ1) is 8.11. The lowest BCUT2D eigenvalue weighted by molar-refractivity contribution is 0.680. The van der Waals surface area contributed by atoms with Gasteiger partial charge in [0, 0.05) is 0 Å². The van der Waals surface area contributed by atoms with E-state index in [2.05, 4.69) is 21.5 Å². The fourth-order valence-electron chi connectivity index (χ4n) is 0.928. The quantitative estimate of drug-likeness (QED) is 0.510. The Hall–Kier alpha value is -0.990. The summed E-state index contributed by atoms with van der Waals surface area (Å²) >= 11 is 0. The van der Waals surface area contributed by atoms with Gasteiger partial charge in [-0.05, 0) is 30.6 Å². The van der Waals surface area contributed by atoms with Crippen molar-refractivity contribution in [1.29, 1.82) is 0 Å². The maximum Gasteiger partial charge on any atom is 0.0621 e. The van der Waals surface area contributed by atoms with Crippen molar-refractivity contribution in [2.24, 2.45) is 15.4 Å². The minimum atomic E-state index is 0.817. The second-order valence-electron chi connectivity index (χ2n) is 2.50. The summed E-state index contributed by atoms with van der Waals surface area (Å²) < 4.78 is 0. The van der Waals surface area contributed by atoms with Crippen LogP contribution in [0, 0.1) is 0 Å². The van der Waals surface area contributed by atoms with Gasteiger partial charge in [-0.15, -0.1) is 5.10 Å². The number of allylic oxidation sites excluding steroid dienone is 2. The molecule has 0 fully saturated rings. The third kappa shape index (κ3) is 4.42. The van der Waals surface area contributed by atoms with Crippen molar-refractivity contribution in [3.05, 3.63) is 12.2 Å². The van der Waals surface area contributed by atoms with Crippen LogP contribution in [0.5, 0.6) is 0 Å². The maximum absolute atomic E-state index is 3.87. The average Bonchev–Trinajstić information content (AvgIpc) is 2.08. The van der Waals surface area contributed by atoms with Crippen LogP contribution in [0.15, 0.2) is 27.6 Å². The highest BCUT2D eigenvalue weighted by atomic mass is 15.4. The molecule has 0 saturated carbocycles. The van der Waals surface area contributed by atoms with Crippen LogP contribution in [0.2, 0.25) is 0 Å². The first-order chi connectivity index (χ1) is 5.50. The topological polar surface area (TPSA) is 37.1 Å². The molecule has 0 saturated heterocycles. The average molecular weight is 151 g/mol. The van der Waals surface area contributed by atoms with E-state index >= 15 is 0 Å². The lowest BCUT2D eigenvalue weighted by Crippen LogP contribution is -1.79. The van der Waals surface area contributed by atoms with Crippen molar-refractivity contribution < 1.29 is 0 Å². The van der Waals surface area contributed by atoms with E-state index in [-0.39, 0.29) is 0 Å². The van der Waals surface area contributed by atoms with Crippen molar-refractivity contribution >= 4 is 6.21 Å². The molecule has 1 aliphatic heterocycles. The van der Waals surface area contributed by atoms with Crippen LogP contribution in [0.25, 0.3) is 0 Å². The van der Waals surface area contributed by atoms with E-state index in [4.69, 9.17) is 0 Å². The van der Waals surface area contributed by atoms with Crippen molar-refractivity contribution in [3.8, 4) is 0 Å². The van der Waals surface area contributed by atoms with Gasteiger partial charge in [0.05, 0.1) is 12.8 Å². The van der Waals surface area contributed by atoms with Gasteiger partial charge in [-0.3, -0.25) is 0 Å². The Balaban J connectivity index is 2.36. The van der Waals surface area contributed by atoms with Crippen LogP contribution in [0.4, 0.5) is 0 Å². The predicted octanol–water partition coefficient (Wildman–Crippen LogP) is 2.55. The molecule has 0 aliphatic carbocycles. The molecule has 0 radical (unpaired) electrons. The molecule has 0 N–H and O–H groups in total. The molecule has 3 heteroatoms. The van der Waals surface area contributed by atoms with Crippen LogP contribution >= 0.6 is 0 Å². The molecule has 1 aliphatic rings. The third-order valence-corrected chi connectivity index (χ3v) is 1.53. The van der Waals surface area contributed by atoms with E-state index in [1.807, 2.05) is 6.08 Å². The van der Waals surface area contributed by atoms with Gasteiger partial charge < -0.3 is 0 Å². The zero-order valence-electron chi connectivity index (χ0n) is 6.61. The summed E-state index contributed by atoms with van der Waals surface area (Å²) in [5.41, 5.74) is 0. The van der Waals surface area contributed by atoms with Gasteiger partial charge in [-0.1, -0.05) is 12.5 Å². The highest BCUT2D eigenvalue weighted by Gasteiger charge is 1.86. The molecule has 1 heterocycles. The summed E-state index contributed by atoms with van der Waals surface area (Å²) in [6.45, 7) is 0.817. The van der Waals surface area contributed by atoms with E-state index in [1.54, 1.807) is 6.21 Å². The van der Waals surface area contributed by atoms with E-state index in [0.717, 1.165) is 19.4 Å². The SMILES string of the molecule is C1=CCCCCCN=NN=C1. The first-order valence-corrected chi connectivity index (χ1v) is 4.05. The number of rotatable bonds is 0. The van der Waals surface area contributed by atoms with Crippen molar-refractivity contribution in [3.63, 3.8) is 0 Å². The summed E-state index contributed by atoms with van der Waals surface area (Å²) in [6.07, 6.45) is 10.5. The monoisotopic (exact) mass is 151 g/mol. The second kappa shape index (κ2) is 5.77. The van der Waals surface area contributed by atoms with Gasteiger partial charge in [-0.25, -0.2) is 0 Å². The lowest BCUT2D eigenvalue weighted by Gasteiger charge is -1.92. The normalized spacial score (nSPS) is 19.6. The largest absolute Gasteiger partial charge is 0.169 e. The molecule has 0 aromatic rings. The smallest absolute Gasteiger partial charge is 0.0621 e. The molecule has 3 nitrogen and oxygen atoms in total. The molecule has 60 valence electrons. The zero-order chi connectivity index (χ0) is 7.78. The second-order valence-corrected chi connectivity index (χ2v) is 2.50. The Kier molecular flexibility index (Phi) is 4.25. The van der Waals surface area contributed by atoms with E-state index in [1.165, 1.54) is 12.8 Å². The summed E-state index contributed by atoms with van der Waals surface area (Å²) in [6, 6.07) is 0. The molecule has 0 spiro atoms. The maximum atomic E-state index is 3.87. The minimum absolute atomic E-state index is 0.817. The molecule has 0 atom stereocenters. The van der Waals surface area contributed by atoms with E-state index in [9.17, 15) is 0 Å². The van der Waals surface area contributed by atoms with Crippen LogP contribution < -0.4 is 0 Å². The molecule has 0 bridgehead atoms. The minimum Gasteiger partial charge on any atom is -0.169 e. The van der Waals surface area contributed by atoms with Gasteiger partial charge in [0.2, 0.25) is 0 Å². The van der Waals surface area contributed by atoms with Crippen LogP contribution in [-0.4, -0.2) is 12.8 Å². The number of nitrogens with zero attached hydrogens (tertiary/aromatic N) is 3. The zero-order valence-corrected chi connectivity index (χ0v) is 6.61. The fraction of sp³-hybridized carbons (Fsp3) is 0.625. The molecule has 0 aromatic carbocycles. The van der Waals surface area contributed by atoms with Crippen LogP contribution in [0.1, 0.15) is 25.7 Å². The summed E-state index contributed by atoms with van der Waals surface area (Å²) in [5.74, 6) is 0. The molecule has 0 aromatic heterocycles. The van der Waals surface area contributed by atoms with Gasteiger partial charge in [0.15, 0.2) is 0 Å². The molecule has 0 amide bonds. The number of hydrogen-bond acceptors (Lipinski definition) is 3. The van der Waals surface area contributed by atoms with Crippen LogP contribution in [0.3, 0.4) is 0 Å². The Labute approximate surface area is 66.9 Å². The summed E-state index contributed by atoms with van der Waals surface area (Å²) in [5, 5.41) is 11.2. The van der Waals surface area contributed by atoms with E-state index < -0.39 is 0 Å². The van der Waals surface area contributed by atoms with Gasteiger partial charge in [-0.2, -0.15) is 5.11 Å². The Morgan fingerprint density at radius 3 is 3.09 bits per heavy atom. The van der Waals surface area contributed by atoms with Crippen molar-refractivity contribution in [2.75, 3.05) is 6.54 Å². The van der Waals surface area contributed by atoms with Crippen molar-refractivity contribution in [1.82, 2.24) is 0 Å². The standard InChI is InChI=1S/C8H13N3/c1-2-4-6-8-10-11-9-7-5-3-1/h3,5,7H,1-2,4,6,8H2. The van der Waals surface area contributed by atoms with Gasteiger partial charge in [0.25, 0.3) is 0 Å². The van der Waals surface area contributed by atoms with Gasteiger partial charge >= 0.3 is 0 Å². The Morgan fingerprint density at radius 1 is 1.09 bits per heavy atom. The first-order valence-electron chi connectivity index (χ1n) is 4.05. The molecule has 11 heavy (non-hydrogen) atoms. The number of hydrogen-bond donors (Lipinski definition) is 0.